The second-order valence-corrected chi connectivity index (χ2v) is 8.68. The van der Waals surface area contributed by atoms with E-state index < -0.39 is 0 Å². The summed E-state index contributed by atoms with van der Waals surface area (Å²) < 4.78 is 5.13. The molecule has 2 aromatic rings. The van der Waals surface area contributed by atoms with Crippen LogP contribution in [0.2, 0.25) is 0 Å². The first kappa shape index (κ1) is 21.6. The van der Waals surface area contributed by atoms with Gasteiger partial charge in [-0.1, -0.05) is 44.9 Å². The normalized spacial score (nSPS) is 15.8. The van der Waals surface area contributed by atoms with Gasteiger partial charge in [-0.05, 0) is 49.4 Å². The van der Waals surface area contributed by atoms with Crippen molar-refractivity contribution in [3.63, 3.8) is 0 Å². The number of methoxy groups -OCH3 is 1. The molecule has 1 heterocycles. The van der Waals surface area contributed by atoms with Crippen molar-refractivity contribution in [1.29, 1.82) is 0 Å². The van der Waals surface area contributed by atoms with Crippen molar-refractivity contribution in [3.05, 3.63) is 51.4 Å². The summed E-state index contributed by atoms with van der Waals surface area (Å²) >= 11 is 1.30. The summed E-state index contributed by atoms with van der Waals surface area (Å²) in [7, 11) is 1.60. The maximum Gasteiger partial charge on any atom is 0.254 e. The number of carbonyl (C=O) groups is 1. The van der Waals surface area contributed by atoms with Gasteiger partial charge < -0.3 is 9.72 Å². The van der Waals surface area contributed by atoms with E-state index in [1.807, 2.05) is 6.92 Å². The minimum Gasteiger partial charge on any atom is -0.497 e. The molecule has 0 aliphatic heterocycles. The van der Waals surface area contributed by atoms with Crippen molar-refractivity contribution in [2.24, 2.45) is 5.92 Å². The van der Waals surface area contributed by atoms with Crippen LogP contribution in [0.15, 0.2) is 34.2 Å². The van der Waals surface area contributed by atoms with Gasteiger partial charge in [0.1, 0.15) is 5.75 Å². The van der Waals surface area contributed by atoms with Gasteiger partial charge in [0.05, 0.1) is 18.6 Å². The molecule has 0 radical (unpaired) electrons. The highest BCUT2D eigenvalue weighted by Crippen LogP contribution is 2.36. The van der Waals surface area contributed by atoms with Gasteiger partial charge in [0.25, 0.3) is 5.56 Å². The number of hydrogen-bond acceptors (Lipinski definition) is 5. The zero-order valence-corrected chi connectivity index (χ0v) is 18.3. The van der Waals surface area contributed by atoms with Gasteiger partial charge in [0.2, 0.25) is 0 Å². The third kappa shape index (κ3) is 5.30. The molecule has 5 nitrogen and oxygen atoms in total. The van der Waals surface area contributed by atoms with Crippen molar-refractivity contribution < 1.29 is 9.53 Å². The fraction of sp³-hybridized carbons (Fsp3) is 0.522. The Morgan fingerprint density at radius 2 is 1.93 bits per heavy atom. The Morgan fingerprint density at radius 1 is 1.24 bits per heavy atom. The van der Waals surface area contributed by atoms with Crippen LogP contribution >= 0.6 is 11.8 Å². The molecule has 6 heteroatoms. The molecular weight excluding hydrogens is 384 g/mol. The Morgan fingerprint density at radius 3 is 2.55 bits per heavy atom. The largest absolute Gasteiger partial charge is 0.497 e. The van der Waals surface area contributed by atoms with E-state index in [2.05, 4.69) is 11.9 Å². The fourth-order valence-corrected chi connectivity index (χ4v) is 4.89. The van der Waals surface area contributed by atoms with Gasteiger partial charge >= 0.3 is 0 Å². The van der Waals surface area contributed by atoms with Crippen LogP contribution in [0.4, 0.5) is 0 Å². The number of rotatable bonds is 8. The SMILES string of the molecule is CCc1c(C(C)C2CCCCC2)nc(SCC(=O)c2ccc(OC)cc2)[nH]c1=O. The predicted octanol–water partition coefficient (Wildman–Crippen LogP) is 5.00. The molecule has 0 bridgehead atoms. The molecule has 1 unspecified atom stereocenters. The van der Waals surface area contributed by atoms with Crippen LogP contribution in [-0.4, -0.2) is 28.6 Å². The molecule has 1 aliphatic rings. The number of nitrogens with zero attached hydrogens (tertiary/aromatic N) is 1. The number of aromatic amines is 1. The lowest BCUT2D eigenvalue weighted by Crippen LogP contribution is -2.23. The van der Waals surface area contributed by atoms with Crippen LogP contribution in [0, 0.1) is 5.92 Å². The number of ether oxygens (including phenoxy) is 1. The molecule has 0 saturated heterocycles. The Hall–Kier alpha value is -2.08. The Kier molecular flexibility index (Phi) is 7.53. The van der Waals surface area contributed by atoms with Crippen LogP contribution < -0.4 is 10.3 Å². The van der Waals surface area contributed by atoms with Crippen LogP contribution in [0.25, 0.3) is 0 Å². The molecular formula is C23H30N2O3S. The topological polar surface area (TPSA) is 72.0 Å². The first-order valence-corrected chi connectivity index (χ1v) is 11.4. The van der Waals surface area contributed by atoms with Crippen LogP contribution in [0.3, 0.4) is 0 Å². The number of carbonyl (C=O) groups excluding carboxylic acids is 1. The highest BCUT2D eigenvalue weighted by molar-refractivity contribution is 7.99. The molecule has 1 aromatic heterocycles. The highest BCUT2D eigenvalue weighted by Gasteiger charge is 2.26. The summed E-state index contributed by atoms with van der Waals surface area (Å²) in [6.45, 7) is 4.21. The van der Waals surface area contributed by atoms with Crippen molar-refractivity contribution in [2.75, 3.05) is 12.9 Å². The smallest absolute Gasteiger partial charge is 0.254 e. The quantitative estimate of drug-likeness (QED) is 0.374. The van der Waals surface area contributed by atoms with Crippen LogP contribution in [0.5, 0.6) is 5.75 Å². The molecule has 1 atom stereocenters. The Balaban J connectivity index is 1.75. The molecule has 1 fully saturated rings. The predicted molar refractivity (Wildman–Crippen MR) is 117 cm³/mol. The monoisotopic (exact) mass is 414 g/mol. The van der Waals surface area contributed by atoms with E-state index in [-0.39, 0.29) is 23.0 Å². The van der Waals surface area contributed by atoms with E-state index in [1.54, 1.807) is 31.4 Å². The van der Waals surface area contributed by atoms with E-state index in [0.717, 1.165) is 17.0 Å². The lowest BCUT2D eigenvalue weighted by molar-refractivity contribution is 0.102. The first-order chi connectivity index (χ1) is 14.0. The van der Waals surface area contributed by atoms with E-state index in [9.17, 15) is 9.59 Å². The van der Waals surface area contributed by atoms with Crippen LogP contribution in [0.1, 0.15) is 73.5 Å². The highest BCUT2D eigenvalue weighted by atomic mass is 32.2. The maximum atomic E-state index is 12.7. The van der Waals surface area contributed by atoms with Crippen molar-refractivity contribution in [1.82, 2.24) is 9.97 Å². The summed E-state index contributed by atoms with van der Waals surface area (Å²) in [5.74, 6) is 1.81. The van der Waals surface area contributed by atoms with Crippen LogP contribution in [-0.2, 0) is 6.42 Å². The average molecular weight is 415 g/mol. The van der Waals surface area contributed by atoms with E-state index in [1.165, 1.54) is 43.9 Å². The summed E-state index contributed by atoms with van der Waals surface area (Å²) in [4.78, 5) is 32.8. The van der Waals surface area contributed by atoms with Gasteiger partial charge in [0, 0.05) is 17.0 Å². The van der Waals surface area contributed by atoms with Crippen molar-refractivity contribution in [3.8, 4) is 5.75 Å². The Labute approximate surface area is 176 Å². The fourth-order valence-electron chi connectivity index (χ4n) is 4.13. The molecule has 29 heavy (non-hydrogen) atoms. The Bertz CT molecular complexity index is 886. The lowest BCUT2D eigenvalue weighted by atomic mass is 9.78. The number of hydrogen-bond donors (Lipinski definition) is 1. The molecule has 1 N–H and O–H groups in total. The van der Waals surface area contributed by atoms with Crippen molar-refractivity contribution >= 4 is 17.5 Å². The molecule has 0 spiro atoms. The van der Waals surface area contributed by atoms with E-state index in [4.69, 9.17) is 9.72 Å². The zero-order valence-electron chi connectivity index (χ0n) is 17.5. The number of benzene rings is 1. The molecule has 1 aliphatic carbocycles. The van der Waals surface area contributed by atoms with Gasteiger partial charge in [-0.2, -0.15) is 0 Å². The van der Waals surface area contributed by atoms with Gasteiger partial charge in [-0.25, -0.2) is 4.98 Å². The molecule has 0 amide bonds. The average Bonchev–Trinajstić information content (AvgIpc) is 2.77. The van der Waals surface area contributed by atoms with Gasteiger partial charge in [0.15, 0.2) is 10.9 Å². The van der Waals surface area contributed by atoms with Crippen molar-refractivity contribution in [2.45, 2.75) is 63.4 Å². The zero-order chi connectivity index (χ0) is 20.8. The standard InChI is InChI=1S/C23H30N2O3S/c1-4-19-21(15(2)16-8-6-5-7-9-16)24-23(25-22(19)27)29-14-20(26)17-10-12-18(28-3)13-11-17/h10-13,15-16H,4-9,14H2,1-3H3,(H,24,25,27). The lowest BCUT2D eigenvalue weighted by Gasteiger charge is -2.28. The third-order valence-corrected chi connectivity index (χ3v) is 6.79. The van der Waals surface area contributed by atoms with Gasteiger partial charge in [-0.3, -0.25) is 9.59 Å². The van der Waals surface area contributed by atoms with Gasteiger partial charge in [-0.15, -0.1) is 0 Å². The number of ketones is 1. The number of Topliss-reactive ketones (excluding diaryl/α,β-unsaturated/α-hetero) is 1. The number of H-pyrrole nitrogens is 1. The molecule has 156 valence electrons. The number of nitrogens with one attached hydrogen (secondary N) is 1. The summed E-state index contributed by atoms with van der Waals surface area (Å²) in [5, 5.41) is 0.534. The first-order valence-electron chi connectivity index (χ1n) is 10.5. The van der Waals surface area contributed by atoms with E-state index in [0.29, 0.717) is 23.1 Å². The molecule has 1 aromatic carbocycles. The summed E-state index contributed by atoms with van der Waals surface area (Å²) in [5.41, 5.74) is 2.26. The number of aromatic nitrogens is 2. The minimum absolute atomic E-state index is 0.00162. The minimum atomic E-state index is -0.0699. The molecule has 3 rings (SSSR count). The second-order valence-electron chi connectivity index (χ2n) is 7.72. The summed E-state index contributed by atoms with van der Waals surface area (Å²) in [6, 6.07) is 7.07. The van der Waals surface area contributed by atoms with E-state index >= 15 is 0 Å². The third-order valence-electron chi connectivity index (χ3n) is 5.92. The maximum absolute atomic E-state index is 12.7. The number of thioether (sulfide) groups is 1. The second kappa shape index (κ2) is 10.1. The molecule has 1 saturated carbocycles. The summed E-state index contributed by atoms with van der Waals surface area (Å²) in [6.07, 6.45) is 6.91.